The molecule has 1 aliphatic rings. The summed E-state index contributed by atoms with van der Waals surface area (Å²) in [5.74, 6) is -0.183. The summed E-state index contributed by atoms with van der Waals surface area (Å²) in [6.07, 6.45) is 4.73. The fourth-order valence-electron chi connectivity index (χ4n) is 4.60. The summed E-state index contributed by atoms with van der Waals surface area (Å²) in [4.78, 5) is 54.5. The number of nitrogens with one attached hydrogen (secondary N) is 2. The Hall–Kier alpha value is -5.32. The molecule has 2 aromatic carbocycles. The number of hydrogen-bond acceptors (Lipinski definition) is 8. The number of anilines is 1. The van der Waals surface area contributed by atoms with E-state index in [0.717, 1.165) is 29.9 Å². The van der Waals surface area contributed by atoms with Crippen molar-refractivity contribution in [3.8, 4) is 5.75 Å². The molecular weight excluding hydrogens is 534 g/mol. The van der Waals surface area contributed by atoms with Crippen LogP contribution in [0.4, 0.5) is 5.69 Å². The molecule has 2 N–H and O–H groups in total. The first-order valence-electron chi connectivity index (χ1n) is 13.5. The van der Waals surface area contributed by atoms with E-state index in [-0.39, 0.29) is 30.4 Å². The van der Waals surface area contributed by atoms with Gasteiger partial charge in [-0.25, -0.2) is 9.97 Å². The van der Waals surface area contributed by atoms with Crippen LogP contribution >= 0.6 is 0 Å². The van der Waals surface area contributed by atoms with Gasteiger partial charge in [-0.2, -0.15) is 0 Å². The van der Waals surface area contributed by atoms with Gasteiger partial charge in [0.25, 0.3) is 17.7 Å². The number of aromatic nitrogens is 3. The van der Waals surface area contributed by atoms with Gasteiger partial charge in [0.15, 0.2) is 0 Å². The largest absolute Gasteiger partial charge is 0.497 e. The lowest BCUT2D eigenvalue weighted by molar-refractivity contribution is 0.0746. The molecule has 1 fully saturated rings. The molecule has 42 heavy (non-hydrogen) atoms. The number of piperazine rings is 1. The minimum absolute atomic E-state index is 0.0156. The predicted octanol–water partition coefficient (Wildman–Crippen LogP) is 2.70. The van der Waals surface area contributed by atoms with Crippen LogP contribution in [0.5, 0.6) is 5.75 Å². The van der Waals surface area contributed by atoms with Crippen molar-refractivity contribution in [2.24, 2.45) is 0 Å². The molecule has 1 saturated heterocycles. The summed E-state index contributed by atoms with van der Waals surface area (Å²) in [5.41, 5.74) is 3.56. The SMILES string of the molecule is COc1cccc(CNC(=O)c2cc(C(=O)NCc3ccc(C(=O)N4CCN(c5ccncc5)CC4)cc3)ncn2)c1. The molecule has 1 aliphatic heterocycles. The number of pyridine rings is 1. The van der Waals surface area contributed by atoms with E-state index >= 15 is 0 Å². The van der Waals surface area contributed by atoms with Crippen molar-refractivity contribution in [3.63, 3.8) is 0 Å². The van der Waals surface area contributed by atoms with Crippen LogP contribution in [0.15, 0.2) is 85.5 Å². The number of rotatable bonds is 9. The third kappa shape index (κ3) is 7.05. The first-order chi connectivity index (χ1) is 20.5. The zero-order chi connectivity index (χ0) is 29.3. The average molecular weight is 566 g/mol. The van der Waals surface area contributed by atoms with Crippen molar-refractivity contribution in [2.75, 3.05) is 38.2 Å². The van der Waals surface area contributed by atoms with Crippen LogP contribution in [0.1, 0.15) is 42.5 Å². The predicted molar refractivity (Wildman–Crippen MR) is 156 cm³/mol. The quantitative estimate of drug-likeness (QED) is 0.317. The van der Waals surface area contributed by atoms with Gasteiger partial charge in [-0.15, -0.1) is 0 Å². The second kappa shape index (κ2) is 13.4. The smallest absolute Gasteiger partial charge is 0.270 e. The molecule has 5 rings (SSSR count). The second-order valence-corrected chi connectivity index (χ2v) is 9.69. The lowest BCUT2D eigenvalue weighted by Gasteiger charge is -2.36. The summed E-state index contributed by atoms with van der Waals surface area (Å²) in [6.45, 7) is 3.31. The van der Waals surface area contributed by atoms with Gasteiger partial charge in [0, 0.05) is 69.0 Å². The van der Waals surface area contributed by atoms with Crippen LogP contribution in [0.25, 0.3) is 0 Å². The van der Waals surface area contributed by atoms with Crippen LogP contribution in [0.3, 0.4) is 0 Å². The number of methoxy groups -OCH3 is 1. The summed E-state index contributed by atoms with van der Waals surface area (Å²) in [6, 6.07) is 19.8. The Morgan fingerprint density at radius 1 is 0.786 bits per heavy atom. The maximum Gasteiger partial charge on any atom is 0.270 e. The second-order valence-electron chi connectivity index (χ2n) is 9.69. The molecule has 214 valence electrons. The number of carbonyl (C=O) groups excluding carboxylic acids is 3. The molecule has 0 bridgehead atoms. The standard InChI is InChI=1S/C31H31N7O4/c1-42-26-4-2-3-23(17-26)20-34-30(40)28-18-27(35-21-36-28)29(39)33-19-22-5-7-24(8-6-22)31(41)38-15-13-37(14-16-38)25-9-11-32-12-10-25/h2-12,17-18,21H,13-16,19-20H2,1H3,(H,33,39)(H,34,40). The van der Waals surface area contributed by atoms with Gasteiger partial charge in [0.05, 0.1) is 7.11 Å². The highest BCUT2D eigenvalue weighted by Gasteiger charge is 2.22. The Morgan fingerprint density at radius 2 is 1.43 bits per heavy atom. The molecule has 0 saturated carbocycles. The zero-order valence-electron chi connectivity index (χ0n) is 23.2. The first kappa shape index (κ1) is 28.2. The summed E-state index contributed by atoms with van der Waals surface area (Å²) in [7, 11) is 1.58. The normalized spacial score (nSPS) is 12.9. The average Bonchev–Trinajstić information content (AvgIpc) is 3.06. The van der Waals surface area contributed by atoms with Crippen LogP contribution in [-0.2, 0) is 13.1 Å². The number of nitrogens with zero attached hydrogens (tertiary/aromatic N) is 5. The van der Waals surface area contributed by atoms with E-state index in [1.165, 1.54) is 12.4 Å². The van der Waals surface area contributed by atoms with E-state index in [0.29, 0.717) is 24.4 Å². The third-order valence-electron chi connectivity index (χ3n) is 6.97. The van der Waals surface area contributed by atoms with Gasteiger partial charge in [-0.3, -0.25) is 19.4 Å². The molecule has 4 aromatic rings. The van der Waals surface area contributed by atoms with Gasteiger partial charge < -0.3 is 25.2 Å². The van der Waals surface area contributed by atoms with Crippen LogP contribution < -0.4 is 20.3 Å². The minimum atomic E-state index is -0.438. The summed E-state index contributed by atoms with van der Waals surface area (Å²) >= 11 is 0. The summed E-state index contributed by atoms with van der Waals surface area (Å²) in [5, 5.41) is 5.59. The highest BCUT2D eigenvalue weighted by Crippen LogP contribution is 2.17. The van der Waals surface area contributed by atoms with E-state index in [4.69, 9.17) is 4.74 Å². The van der Waals surface area contributed by atoms with Crippen molar-refractivity contribution < 1.29 is 19.1 Å². The molecule has 2 aromatic heterocycles. The van der Waals surface area contributed by atoms with E-state index in [1.54, 1.807) is 31.6 Å². The maximum atomic E-state index is 13.0. The molecule has 11 nitrogen and oxygen atoms in total. The fourth-order valence-corrected chi connectivity index (χ4v) is 4.60. The molecule has 0 unspecified atom stereocenters. The number of ether oxygens (including phenoxy) is 1. The van der Waals surface area contributed by atoms with Crippen LogP contribution in [0.2, 0.25) is 0 Å². The molecule has 0 spiro atoms. The first-order valence-corrected chi connectivity index (χ1v) is 13.5. The Kier molecular flexibility index (Phi) is 8.97. The van der Waals surface area contributed by atoms with Gasteiger partial charge in [-0.1, -0.05) is 24.3 Å². The molecule has 3 heterocycles. The molecule has 0 radical (unpaired) electrons. The fraction of sp³-hybridized carbons (Fsp3) is 0.226. The maximum absolute atomic E-state index is 13.0. The molecular formula is C31H31N7O4. The molecule has 0 aliphatic carbocycles. The van der Waals surface area contributed by atoms with Crippen molar-refractivity contribution in [1.29, 1.82) is 0 Å². The number of benzene rings is 2. The molecule has 11 heteroatoms. The van der Waals surface area contributed by atoms with E-state index < -0.39 is 11.8 Å². The highest BCUT2D eigenvalue weighted by molar-refractivity contribution is 5.97. The Labute approximate surface area is 243 Å². The molecule has 3 amide bonds. The lowest BCUT2D eigenvalue weighted by atomic mass is 10.1. The Morgan fingerprint density at radius 3 is 2.07 bits per heavy atom. The van der Waals surface area contributed by atoms with E-state index in [1.807, 2.05) is 53.4 Å². The topological polar surface area (TPSA) is 130 Å². The van der Waals surface area contributed by atoms with Gasteiger partial charge >= 0.3 is 0 Å². The number of carbonyl (C=O) groups is 3. The zero-order valence-corrected chi connectivity index (χ0v) is 23.2. The minimum Gasteiger partial charge on any atom is -0.497 e. The van der Waals surface area contributed by atoms with Crippen molar-refractivity contribution in [1.82, 2.24) is 30.5 Å². The Balaban J connectivity index is 1.10. The summed E-state index contributed by atoms with van der Waals surface area (Å²) < 4.78 is 5.20. The lowest BCUT2D eigenvalue weighted by Crippen LogP contribution is -2.48. The van der Waals surface area contributed by atoms with Gasteiger partial charge in [-0.05, 0) is 47.5 Å². The van der Waals surface area contributed by atoms with Crippen molar-refractivity contribution >= 4 is 23.4 Å². The third-order valence-corrected chi connectivity index (χ3v) is 6.97. The number of amides is 3. The van der Waals surface area contributed by atoms with Gasteiger partial charge in [0.2, 0.25) is 0 Å². The monoisotopic (exact) mass is 565 g/mol. The highest BCUT2D eigenvalue weighted by atomic mass is 16.5. The molecule has 0 atom stereocenters. The van der Waals surface area contributed by atoms with Crippen LogP contribution in [-0.4, -0.2) is 70.9 Å². The van der Waals surface area contributed by atoms with Gasteiger partial charge in [0.1, 0.15) is 23.5 Å². The van der Waals surface area contributed by atoms with E-state index in [9.17, 15) is 14.4 Å². The number of hydrogen-bond donors (Lipinski definition) is 2. The Bertz CT molecular complexity index is 1540. The van der Waals surface area contributed by atoms with Crippen LogP contribution in [0, 0.1) is 0 Å². The van der Waals surface area contributed by atoms with Crippen molar-refractivity contribution in [2.45, 2.75) is 13.1 Å². The van der Waals surface area contributed by atoms with Crippen molar-refractivity contribution in [3.05, 3.63) is 114 Å². The van der Waals surface area contributed by atoms with E-state index in [2.05, 4.69) is 30.5 Å².